The summed E-state index contributed by atoms with van der Waals surface area (Å²) in [4.78, 5) is 11.0. The fraction of sp³-hybridized carbons (Fsp3) is 0.400. The summed E-state index contributed by atoms with van der Waals surface area (Å²) in [6, 6.07) is 5.71. The Kier molecular flexibility index (Phi) is 6.05. The van der Waals surface area contributed by atoms with Crippen LogP contribution in [0.1, 0.15) is 25.8 Å². The van der Waals surface area contributed by atoms with E-state index in [2.05, 4.69) is 27.2 Å². The molecule has 0 aromatic heterocycles. The summed E-state index contributed by atoms with van der Waals surface area (Å²) in [5.41, 5.74) is 5.82. The molecule has 0 atom stereocenters. The van der Waals surface area contributed by atoms with Gasteiger partial charge in [-0.15, -0.1) is 6.42 Å². The fourth-order valence-electron chi connectivity index (χ4n) is 1.78. The van der Waals surface area contributed by atoms with Crippen molar-refractivity contribution >= 4 is 21.8 Å². The van der Waals surface area contributed by atoms with E-state index >= 15 is 0 Å². The quantitative estimate of drug-likeness (QED) is 0.749. The van der Waals surface area contributed by atoms with Gasteiger partial charge in [-0.2, -0.15) is 0 Å². The van der Waals surface area contributed by atoms with Gasteiger partial charge >= 0.3 is 0 Å². The molecule has 4 nitrogen and oxygen atoms in total. The van der Waals surface area contributed by atoms with Gasteiger partial charge < -0.3 is 15.8 Å². The Morgan fingerprint density at radius 2 is 2.25 bits per heavy atom. The monoisotopic (exact) mass is 338 g/mol. The number of hydrogen-bond donors (Lipinski definition) is 2. The SMILES string of the molecule is C#CCOc1ccc(Br)cc1CNC(C)(C)CC(N)=O. The second kappa shape index (κ2) is 7.32. The van der Waals surface area contributed by atoms with Gasteiger partial charge in [0.25, 0.3) is 0 Å². The topological polar surface area (TPSA) is 64.3 Å². The zero-order chi connectivity index (χ0) is 15.2. The molecule has 1 rings (SSSR count). The standard InChI is InChI=1S/C15H19BrN2O2/c1-4-7-20-13-6-5-12(16)8-11(13)10-18-15(2,3)9-14(17)19/h1,5-6,8,18H,7,9-10H2,2-3H3,(H2,17,19). The van der Waals surface area contributed by atoms with Crippen LogP contribution in [-0.2, 0) is 11.3 Å². The van der Waals surface area contributed by atoms with Crippen LogP contribution in [0.2, 0.25) is 0 Å². The third kappa shape index (κ3) is 5.64. The van der Waals surface area contributed by atoms with Crippen molar-refractivity contribution in [2.75, 3.05) is 6.61 Å². The van der Waals surface area contributed by atoms with E-state index < -0.39 is 0 Å². The Morgan fingerprint density at radius 1 is 1.55 bits per heavy atom. The molecule has 1 amide bonds. The predicted molar refractivity (Wildman–Crippen MR) is 83.2 cm³/mol. The highest BCUT2D eigenvalue weighted by atomic mass is 79.9. The number of amides is 1. The van der Waals surface area contributed by atoms with Crippen molar-refractivity contribution in [2.45, 2.75) is 32.4 Å². The van der Waals surface area contributed by atoms with Gasteiger partial charge in [0.05, 0.1) is 0 Å². The van der Waals surface area contributed by atoms with Crippen molar-refractivity contribution in [1.82, 2.24) is 5.32 Å². The Hall–Kier alpha value is -1.51. The number of hydrogen-bond acceptors (Lipinski definition) is 3. The maximum Gasteiger partial charge on any atom is 0.219 e. The Bertz CT molecular complexity index is 521. The smallest absolute Gasteiger partial charge is 0.219 e. The molecule has 1 aromatic carbocycles. The number of benzene rings is 1. The van der Waals surface area contributed by atoms with Crippen LogP contribution < -0.4 is 15.8 Å². The van der Waals surface area contributed by atoms with Crippen molar-refractivity contribution in [1.29, 1.82) is 0 Å². The Balaban J connectivity index is 2.78. The van der Waals surface area contributed by atoms with Crippen LogP contribution in [0.5, 0.6) is 5.75 Å². The minimum Gasteiger partial charge on any atom is -0.481 e. The molecule has 0 heterocycles. The first kappa shape index (κ1) is 16.5. The number of carbonyl (C=O) groups is 1. The van der Waals surface area contributed by atoms with Gasteiger partial charge in [0.2, 0.25) is 5.91 Å². The minimum absolute atomic E-state index is 0.222. The second-order valence-electron chi connectivity index (χ2n) is 5.13. The van der Waals surface area contributed by atoms with Crippen molar-refractivity contribution in [3.63, 3.8) is 0 Å². The molecular formula is C15H19BrN2O2. The first-order chi connectivity index (χ1) is 9.34. The summed E-state index contributed by atoms with van der Waals surface area (Å²) in [6.45, 7) is 4.63. The van der Waals surface area contributed by atoms with E-state index in [1.54, 1.807) is 0 Å². The van der Waals surface area contributed by atoms with E-state index in [-0.39, 0.29) is 24.5 Å². The highest BCUT2D eigenvalue weighted by Gasteiger charge is 2.20. The second-order valence-corrected chi connectivity index (χ2v) is 6.04. The fourth-order valence-corrected chi connectivity index (χ4v) is 2.19. The predicted octanol–water partition coefficient (Wildman–Crippen LogP) is 2.20. The maximum atomic E-state index is 11.0. The molecule has 0 fully saturated rings. The molecule has 5 heteroatoms. The van der Waals surface area contributed by atoms with Crippen LogP contribution in [0.25, 0.3) is 0 Å². The highest BCUT2D eigenvalue weighted by molar-refractivity contribution is 9.10. The highest BCUT2D eigenvalue weighted by Crippen LogP contribution is 2.24. The van der Waals surface area contributed by atoms with Crippen LogP contribution in [0.4, 0.5) is 0 Å². The van der Waals surface area contributed by atoms with Crippen LogP contribution in [-0.4, -0.2) is 18.1 Å². The largest absolute Gasteiger partial charge is 0.481 e. The minimum atomic E-state index is -0.377. The molecule has 0 aliphatic rings. The molecule has 0 unspecified atom stereocenters. The molecule has 1 aromatic rings. The molecule has 20 heavy (non-hydrogen) atoms. The van der Waals surface area contributed by atoms with Gasteiger partial charge in [-0.25, -0.2) is 0 Å². The van der Waals surface area contributed by atoms with Gasteiger partial charge in [0.15, 0.2) is 0 Å². The zero-order valence-electron chi connectivity index (χ0n) is 11.7. The van der Waals surface area contributed by atoms with Gasteiger partial charge in [0.1, 0.15) is 12.4 Å². The van der Waals surface area contributed by atoms with E-state index in [1.165, 1.54) is 0 Å². The Morgan fingerprint density at radius 3 is 2.85 bits per heavy atom. The number of primary amides is 1. The number of nitrogens with two attached hydrogens (primary N) is 1. The molecule has 0 aliphatic heterocycles. The molecule has 0 saturated carbocycles. The van der Waals surface area contributed by atoms with Crippen LogP contribution >= 0.6 is 15.9 Å². The first-order valence-corrected chi connectivity index (χ1v) is 7.01. The maximum absolute atomic E-state index is 11.0. The van der Waals surface area contributed by atoms with Gasteiger partial charge in [-0.3, -0.25) is 4.79 Å². The number of carbonyl (C=O) groups excluding carboxylic acids is 1. The van der Waals surface area contributed by atoms with Crippen molar-refractivity contribution in [2.24, 2.45) is 5.73 Å². The normalized spacial score (nSPS) is 10.9. The summed E-state index contributed by atoms with van der Waals surface area (Å²) in [5, 5.41) is 3.30. The first-order valence-electron chi connectivity index (χ1n) is 6.22. The van der Waals surface area contributed by atoms with Gasteiger partial charge in [-0.05, 0) is 32.0 Å². The average molecular weight is 339 g/mol. The zero-order valence-corrected chi connectivity index (χ0v) is 13.3. The van der Waals surface area contributed by atoms with Crippen LogP contribution in [0.15, 0.2) is 22.7 Å². The summed E-state index contributed by atoms with van der Waals surface area (Å²) in [7, 11) is 0. The summed E-state index contributed by atoms with van der Waals surface area (Å²) in [5.74, 6) is 2.84. The van der Waals surface area contributed by atoms with Gasteiger partial charge in [-0.1, -0.05) is 21.9 Å². The average Bonchev–Trinajstić information content (AvgIpc) is 2.34. The van der Waals surface area contributed by atoms with E-state index in [9.17, 15) is 4.79 Å². The van der Waals surface area contributed by atoms with Crippen molar-refractivity contribution < 1.29 is 9.53 Å². The third-order valence-corrected chi connectivity index (χ3v) is 3.20. The lowest BCUT2D eigenvalue weighted by Gasteiger charge is -2.25. The third-order valence-electron chi connectivity index (χ3n) is 2.71. The van der Waals surface area contributed by atoms with Gasteiger partial charge in [0, 0.05) is 28.5 Å². The van der Waals surface area contributed by atoms with E-state index in [0.717, 1.165) is 15.8 Å². The Labute approximate surface area is 128 Å². The van der Waals surface area contributed by atoms with Crippen LogP contribution in [0.3, 0.4) is 0 Å². The van der Waals surface area contributed by atoms with E-state index in [1.807, 2.05) is 32.0 Å². The van der Waals surface area contributed by atoms with Crippen LogP contribution in [0, 0.1) is 12.3 Å². The summed E-state index contributed by atoms with van der Waals surface area (Å²) in [6.07, 6.45) is 5.47. The number of halogens is 1. The number of rotatable bonds is 7. The molecule has 0 bridgehead atoms. The number of terminal acetylenes is 1. The van der Waals surface area contributed by atoms with Crippen molar-refractivity contribution in [3.8, 4) is 18.1 Å². The molecule has 0 spiro atoms. The van der Waals surface area contributed by atoms with E-state index in [0.29, 0.717) is 6.54 Å². The molecule has 108 valence electrons. The summed E-state index contributed by atoms with van der Waals surface area (Å²) < 4.78 is 6.45. The lowest BCUT2D eigenvalue weighted by molar-refractivity contribution is -0.119. The molecular weight excluding hydrogens is 320 g/mol. The number of ether oxygens (including phenoxy) is 1. The number of nitrogens with one attached hydrogen (secondary N) is 1. The molecule has 0 radical (unpaired) electrons. The van der Waals surface area contributed by atoms with Crippen molar-refractivity contribution in [3.05, 3.63) is 28.2 Å². The lowest BCUT2D eigenvalue weighted by atomic mass is 10.00. The lowest BCUT2D eigenvalue weighted by Crippen LogP contribution is -2.42. The molecule has 3 N–H and O–H groups in total. The molecule has 0 aliphatic carbocycles. The van der Waals surface area contributed by atoms with E-state index in [4.69, 9.17) is 16.9 Å². The summed E-state index contributed by atoms with van der Waals surface area (Å²) >= 11 is 3.43. The molecule has 0 saturated heterocycles.